The lowest BCUT2D eigenvalue weighted by Crippen LogP contribution is -2.27. The average molecular weight is 239 g/mol. The van der Waals surface area contributed by atoms with Gasteiger partial charge in [0, 0.05) is 17.5 Å². The molecule has 2 atom stereocenters. The first-order valence-corrected chi connectivity index (χ1v) is 6.76. The lowest BCUT2D eigenvalue weighted by atomic mass is 10.1. The second-order valence-electron chi connectivity index (χ2n) is 3.98. The van der Waals surface area contributed by atoms with Crippen molar-refractivity contribution in [3.8, 4) is 0 Å². The van der Waals surface area contributed by atoms with E-state index in [4.69, 9.17) is 0 Å². The Morgan fingerprint density at radius 1 is 1.25 bits per heavy atom. The number of benzene rings is 1. The zero-order valence-corrected chi connectivity index (χ0v) is 11.1. The average Bonchev–Trinajstić information content (AvgIpc) is 2.27. The Morgan fingerprint density at radius 2 is 1.88 bits per heavy atom. The number of hydrogen-bond acceptors (Lipinski definition) is 3. The summed E-state index contributed by atoms with van der Waals surface area (Å²) in [6.45, 7) is 6.70. The molecule has 0 aliphatic heterocycles. The number of nitrogens with one attached hydrogen (secondary N) is 1. The van der Waals surface area contributed by atoms with E-state index < -0.39 is 0 Å². The lowest BCUT2D eigenvalue weighted by molar-refractivity contribution is 0.187. The standard InChI is InChI=1S/C13H21NOS/c1-4-16-13-7-5-12(6-8-13)11(3)14-9-10(2)15/h5-8,10-11,14-15H,4,9H2,1-3H3/t10-,11?/m1/s1. The van der Waals surface area contributed by atoms with Crippen LogP contribution in [0.1, 0.15) is 32.4 Å². The minimum absolute atomic E-state index is 0.287. The first-order valence-electron chi connectivity index (χ1n) is 5.77. The number of aliphatic hydroxyl groups excluding tert-OH is 1. The van der Waals surface area contributed by atoms with Crippen LogP contribution in [0.3, 0.4) is 0 Å². The van der Waals surface area contributed by atoms with Crippen LogP contribution in [-0.2, 0) is 0 Å². The lowest BCUT2D eigenvalue weighted by Gasteiger charge is -2.15. The minimum atomic E-state index is -0.294. The zero-order chi connectivity index (χ0) is 12.0. The SMILES string of the molecule is CCSc1ccc(C(C)NC[C@@H](C)O)cc1. The van der Waals surface area contributed by atoms with Gasteiger partial charge in [-0.2, -0.15) is 0 Å². The van der Waals surface area contributed by atoms with Gasteiger partial charge >= 0.3 is 0 Å². The van der Waals surface area contributed by atoms with Gasteiger partial charge in [-0.25, -0.2) is 0 Å². The van der Waals surface area contributed by atoms with Crippen LogP contribution in [0.5, 0.6) is 0 Å². The third kappa shape index (κ3) is 4.56. The van der Waals surface area contributed by atoms with E-state index in [0.29, 0.717) is 6.54 Å². The summed E-state index contributed by atoms with van der Waals surface area (Å²) in [6.07, 6.45) is -0.294. The molecule has 0 bridgehead atoms. The van der Waals surface area contributed by atoms with Gasteiger partial charge in [0.25, 0.3) is 0 Å². The molecule has 1 aromatic rings. The molecule has 0 heterocycles. The molecule has 0 amide bonds. The molecule has 1 aromatic carbocycles. The van der Waals surface area contributed by atoms with E-state index in [-0.39, 0.29) is 12.1 Å². The maximum Gasteiger partial charge on any atom is 0.0636 e. The minimum Gasteiger partial charge on any atom is -0.392 e. The van der Waals surface area contributed by atoms with Crippen molar-refractivity contribution in [3.63, 3.8) is 0 Å². The van der Waals surface area contributed by atoms with Gasteiger partial charge in [0.2, 0.25) is 0 Å². The molecule has 0 radical (unpaired) electrons. The van der Waals surface area contributed by atoms with Crippen molar-refractivity contribution in [3.05, 3.63) is 29.8 Å². The smallest absolute Gasteiger partial charge is 0.0636 e. The summed E-state index contributed by atoms with van der Waals surface area (Å²) in [4.78, 5) is 1.31. The molecule has 1 unspecified atom stereocenters. The maximum absolute atomic E-state index is 9.20. The quantitative estimate of drug-likeness (QED) is 0.749. The molecule has 0 aliphatic carbocycles. The summed E-state index contributed by atoms with van der Waals surface area (Å²) in [5.74, 6) is 1.11. The molecule has 3 heteroatoms. The summed E-state index contributed by atoms with van der Waals surface area (Å²) in [5.41, 5.74) is 1.26. The summed E-state index contributed by atoms with van der Waals surface area (Å²) < 4.78 is 0. The largest absolute Gasteiger partial charge is 0.392 e. The monoisotopic (exact) mass is 239 g/mol. The van der Waals surface area contributed by atoms with Crippen LogP contribution >= 0.6 is 11.8 Å². The Balaban J connectivity index is 2.52. The maximum atomic E-state index is 9.20. The van der Waals surface area contributed by atoms with Gasteiger partial charge in [0.15, 0.2) is 0 Å². The molecule has 2 N–H and O–H groups in total. The van der Waals surface area contributed by atoms with Crippen molar-refractivity contribution >= 4 is 11.8 Å². The predicted molar refractivity (Wildman–Crippen MR) is 70.9 cm³/mol. The first kappa shape index (κ1) is 13.6. The fraction of sp³-hybridized carbons (Fsp3) is 0.538. The van der Waals surface area contributed by atoms with Gasteiger partial charge in [-0.05, 0) is 37.3 Å². The third-order valence-electron chi connectivity index (χ3n) is 2.41. The van der Waals surface area contributed by atoms with Gasteiger partial charge < -0.3 is 10.4 Å². The molecule has 0 fully saturated rings. The third-order valence-corrected chi connectivity index (χ3v) is 3.30. The van der Waals surface area contributed by atoms with E-state index >= 15 is 0 Å². The molecular weight excluding hydrogens is 218 g/mol. The molecule has 0 aromatic heterocycles. The van der Waals surface area contributed by atoms with Crippen molar-refractivity contribution < 1.29 is 5.11 Å². The number of rotatable bonds is 6. The van der Waals surface area contributed by atoms with Crippen LogP contribution in [0.4, 0.5) is 0 Å². The molecule has 1 rings (SSSR count). The van der Waals surface area contributed by atoms with Crippen molar-refractivity contribution in [2.45, 2.75) is 37.8 Å². The number of hydrogen-bond donors (Lipinski definition) is 2. The van der Waals surface area contributed by atoms with E-state index in [1.807, 2.05) is 11.8 Å². The first-order chi connectivity index (χ1) is 7.63. The highest BCUT2D eigenvalue weighted by Gasteiger charge is 2.05. The Bertz CT molecular complexity index is 297. The van der Waals surface area contributed by atoms with Crippen LogP contribution in [-0.4, -0.2) is 23.5 Å². The van der Waals surface area contributed by atoms with Gasteiger partial charge in [-0.1, -0.05) is 19.1 Å². The fourth-order valence-corrected chi connectivity index (χ4v) is 2.15. The number of thioether (sulfide) groups is 1. The molecule has 0 saturated carbocycles. The van der Waals surface area contributed by atoms with E-state index in [2.05, 4.69) is 43.4 Å². The van der Waals surface area contributed by atoms with E-state index in [1.54, 1.807) is 6.92 Å². The summed E-state index contributed by atoms with van der Waals surface area (Å²) in [6, 6.07) is 8.90. The van der Waals surface area contributed by atoms with Crippen LogP contribution < -0.4 is 5.32 Å². The van der Waals surface area contributed by atoms with Gasteiger partial charge in [0.1, 0.15) is 0 Å². The number of aliphatic hydroxyl groups is 1. The van der Waals surface area contributed by atoms with E-state index in [9.17, 15) is 5.11 Å². The van der Waals surface area contributed by atoms with Gasteiger partial charge in [-0.3, -0.25) is 0 Å². The summed E-state index contributed by atoms with van der Waals surface area (Å²) >= 11 is 1.85. The predicted octanol–water partition coefficient (Wildman–Crippen LogP) is 2.83. The van der Waals surface area contributed by atoms with Crippen molar-refractivity contribution in [2.24, 2.45) is 0 Å². The Morgan fingerprint density at radius 3 is 2.38 bits per heavy atom. The van der Waals surface area contributed by atoms with Crippen molar-refractivity contribution in [1.29, 1.82) is 0 Å². The topological polar surface area (TPSA) is 32.3 Å². The normalized spacial score (nSPS) is 14.8. The van der Waals surface area contributed by atoms with Crippen LogP contribution in [0, 0.1) is 0 Å². The highest BCUT2D eigenvalue weighted by Crippen LogP contribution is 2.20. The second-order valence-corrected chi connectivity index (χ2v) is 5.32. The Labute approximate surface area is 102 Å². The highest BCUT2D eigenvalue weighted by atomic mass is 32.2. The molecule has 0 saturated heterocycles. The fourth-order valence-electron chi connectivity index (χ4n) is 1.48. The van der Waals surface area contributed by atoms with Crippen LogP contribution in [0.2, 0.25) is 0 Å². The molecule has 16 heavy (non-hydrogen) atoms. The molecule has 2 nitrogen and oxygen atoms in total. The molecular formula is C13H21NOS. The van der Waals surface area contributed by atoms with Crippen LogP contribution in [0.25, 0.3) is 0 Å². The van der Waals surface area contributed by atoms with Crippen molar-refractivity contribution in [1.82, 2.24) is 5.32 Å². The summed E-state index contributed by atoms with van der Waals surface area (Å²) in [5, 5.41) is 12.5. The van der Waals surface area contributed by atoms with Crippen molar-refractivity contribution in [2.75, 3.05) is 12.3 Å². The molecule has 0 spiro atoms. The van der Waals surface area contributed by atoms with Gasteiger partial charge in [0.05, 0.1) is 6.10 Å². The van der Waals surface area contributed by atoms with Crippen LogP contribution in [0.15, 0.2) is 29.2 Å². The Kier molecular flexibility index (Phi) is 5.88. The van der Waals surface area contributed by atoms with E-state index in [0.717, 1.165) is 5.75 Å². The highest BCUT2D eigenvalue weighted by molar-refractivity contribution is 7.99. The van der Waals surface area contributed by atoms with E-state index in [1.165, 1.54) is 10.5 Å². The Hall–Kier alpha value is -0.510. The summed E-state index contributed by atoms with van der Waals surface area (Å²) in [7, 11) is 0. The second kappa shape index (κ2) is 6.94. The molecule has 90 valence electrons. The van der Waals surface area contributed by atoms with Gasteiger partial charge in [-0.15, -0.1) is 11.8 Å². The molecule has 0 aliphatic rings. The zero-order valence-electron chi connectivity index (χ0n) is 10.2.